The maximum Gasteiger partial charge on any atom is 0.227 e. The summed E-state index contributed by atoms with van der Waals surface area (Å²) >= 11 is 3.22. The fourth-order valence-corrected chi connectivity index (χ4v) is 2.72. The van der Waals surface area contributed by atoms with Crippen LogP contribution in [0.25, 0.3) is 0 Å². The summed E-state index contributed by atoms with van der Waals surface area (Å²) in [5.74, 6) is -0.172. The summed E-state index contributed by atoms with van der Waals surface area (Å²) in [5.41, 5.74) is 0.106. The molecule has 0 bridgehead atoms. The van der Waals surface area contributed by atoms with Gasteiger partial charge in [-0.15, -0.1) is 0 Å². The summed E-state index contributed by atoms with van der Waals surface area (Å²) in [5, 5.41) is 2.69. The van der Waals surface area contributed by atoms with E-state index in [9.17, 15) is 9.59 Å². The van der Waals surface area contributed by atoms with E-state index in [4.69, 9.17) is 4.74 Å². The second-order valence-electron chi connectivity index (χ2n) is 4.92. The highest BCUT2D eigenvalue weighted by molar-refractivity contribution is 9.10. The van der Waals surface area contributed by atoms with E-state index in [0.717, 1.165) is 32.4 Å². The quantitative estimate of drug-likeness (QED) is 0.914. The first kappa shape index (κ1) is 15.3. The van der Waals surface area contributed by atoms with Gasteiger partial charge in [0.1, 0.15) is 5.69 Å². The van der Waals surface area contributed by atoms with Gasteiger partial charge in [0.2, 0.25) is 11.3 Å². The van der Waals surface area contributed by atoms with Crippen LogP contribution in [-0.4, -0.2) is 23.2 Å². The Kier molecular flexibility index (Phi) is 5.37. The van der Waals surface area contributed by atoms with Crippen molar-refractivity contribution in [3.8, 4) is 0 Å². The van der Waals surface area contributed by atoms with Crippen LogP contribution in [0.2, 0.25) is 0 Å². The van der Waals surface area contributed by atoms with Crippen LogP contribution in [0.5, 0.6) is 0 Å². The minimum atomic E-state index is -0.201. The molecule has 1 amide bonds. The molecule has 0 radical (unpaired) electrons. The third kappa shape index (κ3) is 3.93. The van der Waals surface area contributed by atoms with Crippen LogP contribution in [-0.2, 0) is 16.1 Å². The number of amides is 1. The van der Waals surface area contributed by atoms with Crippen LogP contribution in [0, 0.1) is 0 Å². The number of nitrogens with zero attached hydrogens (tertiary/aromatic N) is 1. The lowest BCUT2D eigenvalue weighted by Crippen LogP contribution is -2.27. The number of halogens is 1. The first-order valence-corrected chi connectivity index (χ1v) is 7.70. The van der Waals surface area contributed by atoms with Crippen molar-refractivity contribution in [2.45, 2.75) is 45.3 Å². The number of nitrogens with one attached hydrogen (secondary N) is 1. The van der Waals surface area contributed by atoms with Gasteiger partial charge in [-0.2, -0.15) is 0 Å². The van der Waals surface area contributed by atoms with Crippen molar-refractivity contribution < 1.29 is 9.53 Å². The minimum Gasteiger partial charge on any atom is -0.378 e. The van der Waals surface area contributed by atoms with E-state index in [2.05, 4.69) is 21.2 Å². The van der Waals surface area contributed by atoms with Gasteiger partial charge in [0.25, 0.3) is 0 Å². The summed E-state index contributed by atoms with van der Waals surface area (Å²) in [4.78, 5) is 23.9. The van der Waals surface area contributed by atoms with E-state index in [0.29, 0.717) is 16.6 Å². The highest BCUT2D eigenvalue weighted by Gasteiger charge is 2.18. The van der Waals surface area contributed by atoms with Crippen LogP contribution in [0.1, 0.15) is 32.6 Å². The van der Waals surface area contributed by atoms with E-state index < -0.39 is 0 Å². The Bertz CT molecular complexity index is 536. The van der Waals surface area contributed by atoms with E-state index in [1.54, 1.807) is 12.4 Å². The number of ether oxygens (including phenoxy) is 1. The standard InChI is InChI=1S/C14H19BrN2O3/c1-2-17-8-11(15)14(19)12(9-17)16-13(18)7-10-5-3-4-6-20-10/h8-10H,2-7H2,1H3,(H,16,18)/t10-/m0/s1. The number of anilines is 1. The van der Waals surface area contributed by atoms with E-state index in [1.807, 2.05) is 11.5 Å². The average Bonchev–Trinajstić information content (AvgIpc) is 2.44. The van der Waals surface area contributed by atoms with E-state index in [1.165, 1.54) is 0 Å². The van der Waals surface area contributed by atoms with Gasteiger partial charge >= 0.3 is 0 Å². The molecule has 1 aliphatic rings. The molecular weight excluding hydrogens is 324 g/mol. The van der Waals surface area contributed by atoms with Crippen LogP contribution in [0.4, 0.5) is 5.69 Å². The molecule has 1 atom stereocenters. The van der Waals surface area contributed by atoms with Crippen LogP contribution in [0.15, 0.2) is 21.7 Å². The molecule has 1 aromatic heterocycles. The molecule has 1 aromatic rings. The second kappa shape index (κ2) is 7.04. The molecule has 1 fully saturated rings. The lowest BCUT2D eigenvalue weighted by Gasteiger charge is -2.21. The van der Waals surface area contributed by atoms with Gasteiger partial charge in [-0.3, -0.25) is 9.59 Å². The van der Waals surface area contributed by atoms with Crippen molar-refractivity contribution in [1.82, 2.24) is 4.57 Å². The van der Waals surface area contributed by atoms with Gasteiger partial charge in [0.15, 0.2) is 0 Å². The van der Waals surface area contributed by atoms with E-state index >= 15 is 0 Å². The molecule has 0 spiro atoms. The van der Waals surface area contributed by atoms with Crippen molar-refractivity contribution >= 4 is 27.5 Å². The molecule has 110 valence electrons. The lowest BCUT2D eigenvalue weighted by molar-refractivity contribution is -0.119. The molecule has 20 heavy (non-hydrogen) atoms. The van der Waals surface area contributed by atoms with Crippen LogP contribution >= 0.6 is 15.9 Å². The van der Waals surface area contributed by atoms with Gasteiger partial charge in [0.05, 0.1) is 17.0 Å². The maximum atomic E-state index is 12.0. The molecule has 0 saturated carbocycles. The Morgan fingerprint density at radius 2 is 2.30 bits per heavy atom. The topological polar surface area (TPSA) is 60.3 Å². The minimum absolute atomic E-state index is 0.0238. The summed E-state index contributed by atoms with van der Waals surface area (Å²) < 4.78 is 7.83. The number of carbonyl (C=O) groups is 1. The van der Waals surface area contributed by atoms with Crippen molar-refractivity contribution in [1.29, 1.82) is 0 Å². The van der Waals surface area contributed by atoms with Gasteiger partial charge in [-0.25, -0.2) is 0 Å². The molecule has 1 saturated heterocycles. The Morgan fingerprint density at radius 1 is 1.50 bits per heavy atom. The third-order valence-electron chi connectivity index (χ3n) is 3.36. The Labute approximate surface area is 126 Å². The second-order valence-corrected chi connectivity index (χ2v) is 5.77. The first-order chi connectivity index (χ1) is 9.60. The number of aromatic nitrogens is 1. The molecular formula is C14H19BrN2O3. The highest BCUT2D eigenvalue weighted by atomic mass is 79.9. The summed E-state index contributed by atoms with van der Waals surface area (Å²) in [6.45, 7) is 3.42. The number of rotatable bonds is 4. The molecule has 2 heterocycles. The fraction of sp³-hybridized carbons (Fsp3) is 0.571. The largest absolute Gasteiger partial charge is 0.378 e. The highest BCUT2D eigenvalue weighted by Crippen LogP contribution is 2.16. The molecule has 5 nitrogen and oxygen atoms in total. The van der Waals surface area contributed by atoms with Gasteiger partial charge in [0, 0.05) is 25.5 Å². The Morgan fingerprint density at radius 3 is 2.95 bits per heavy atom. The van der Waals surface area contributed by atoms with Crippen LogP contribution < -0.4 is 10.7 Å². The number of hydrogen-bond donors (Lipinski definition) is 1. The predicted octanol–water partition coefficient (Wildman–Crippen LogP) is 2.53. The zero-order valence-electron chi connectivity index (χ0n) is 11.5. The Hall–Kier alpha value is -1.14. The Balaban J connectivity index is 2.03. The summed E-state index contributed by atoms with van der Waals surface area (Å²) in [7, 11) is 0. The predicted molar refractivity (Wildman–Crippen MR) is 80.9 cm³/mol. The van der Waals surface area contributed by atoms with Crippen molar-refractivity contribution in [2.75, 3.05) is 11.9 Å². The molecule has 6 heteroatoms. The molecule has 0 aliphatic carbocycles. The summed E-state index contributed by atoms with van der Waals surface area (Å²) in [6.07, 6.45) is 6.71. The summed E-state index contributed by atoms with van der Waals surface area (Å²) in [6, 6.07) is 0. The monoisotopic (exact) mass is 342 g/mol. The van der Waals surface area contributed by atoms with Crippen molar-refractivity contribution in [2.24, 2.45) is 0 Å². The molecule has 1 N–H and O–H groups in total. The average molecular weight is 343 g/mol. The first-order valence-electron chi connectivity index (χ1n) is 6.91. The number of hydrogen-bond acceptors (Lipinski definition) is 3. The van der Waals surface area contributed by atoms with Gasteiger partial charge < -0.3 is 14.6 Å². The zero-order valence-corrected chi connectivity index (χ0v) is 13.1. The number of carbonyl (C=O) groups excluding carboxylic acids is 1. The van der Waals surface area contributed by atoms with E-state index in [-0.39, 0.29) is 17.4 Å². The number of pyridine rings is 1. The zero-order chi connectivity index (χ0) is 14.5. The van der Waals surface area contributed by atoms with Crippen molar-refractivity contribution in [3.63, 3.8) is 0 Å². The molecule has 1 aliphatic heterocycles. The number of aryl methyl sites for hydroxylation is 1. The fourth-order valence-electron chi connectivity index (χ4n) is 2.24. The SMILES string of the molecule is CCn1cc(Br)c(=O)c(NC(=O)C[C@@H]2CCCCO2)c1. The smallest absolute Gasteiger partial charge is 0.227 e. The molecule has 0 unspecified atom stereocenters. The normalized spacial score (nSPS) is 18.8. The molecule has 0 aromatic carbocycles. The maximum absolute atomic E-state index is 12.0. The van der Waals surface area contributed by atoms with Crippen LogP contribution in [0.3, 0.4) is 0 Å². The molecule has 2 rings (SSSR count). The van der Waals surface area contributed by atoms with Crippen molar-refractivity contribution in [3.05, 3.63) is 27.1 Å². The van der Waals surface area contributed by atoms with Gasteiger partial charge in [-0.05, 0) is 42.1 Å². The third-order valence-corrected chi connectivity index (χ3v) is 3.93. The lowest BCUT2D eigenvalue weighted by atomic mass is 10.1. The van der Waals surface area contributed by atoms with Gasteiger partial charge in [-0.1, -0.05) is 0 Å².